The first-order chi connectivity index (χ1) is 20.8. The largest absolute Gasteiger partial charge is 0.504 e. The molecule has 15 nitrogen and oxygen atoms in total. The Morgan fingerprint density at radius 3 is 2.14 bits per heavy atom. The van der Waals surface area contributed by atoms with E-state index in [4.69, 9.17) is 23.7 Å². The van der Waals surface area contributed by atoms with Crippen LogP contribution in [0, 0.1) is 0 Å². The van der Waals surface area contributed by atoms with Crippen LogP contribution in [-0.4, -0.2) is 127 Å². The molecule has 2 fully saturated rings. The minimum absolute atomic E-state index is 0.0893. The van der Waals surface area contributed by atoms with Gasteiger partial charge in [0, 0.05) is 6.08 Å². The molecule has 9 N–H and O–H groups in total. The number of phenols is 4. The number of hydrogen-bond acceptors (Lipinski definition) is 15. The van der Waals surface area contributed by atoms with Crippen LogP contribution >= 0.6 is 0 Å². The number of benzene rings is 2. The van der Waals surface area contributed by atoms with Gasteiger partial charge in [-0.2, -0.15) is 0 Å². The van der Waals surface area contributed by atoms with Gasteiger partial charge in [-0.15, -0.1) is 0 Å². The molecule has 0 saturated carbocycles. The highest BCUT2D eigenvalue weighted by Gasteiger charge is 2.49. The summed E-state index contributed by atoms with van der Waals surface area (Å²) in [6, 6.07) is 8.00. The number of phenolic OH excluding ortho intramolecular Hbond substituents is 4. The van der Waals surface area contributed by atoms with Crippen molar-refractivity contribution in [2.24, 2.45) is 0 Å². The molecular weight excluding hydrogens is 588 g/mol. The smallest absolute Gasteiger partial charge is 0.331 e. The minimum Gasteiger partial charge on any atom is -0.504 e. The molecule has 0 spiro atoms. The quantitative estimate of drug-likeness (QED) is 0.0873. The Labute approximate surface area is 251 Å². The molecule has 2 aromatic rings. The highest BCUT2D eigenvalue weighted by molar-refractivity contribution is 5.87. The summed E-state index contributed by atoms with van der Waals surface area (Å²) in [7, 11) is 0. The van der Waals surface area contributed by atoms with Gasteiger partial charge in [-0.25, -0.2) is 4.79 Å². The van der Waals surface area contributed by atoms with E-state index in [0.29, 0.717) is 11.1 Å². The lowest BCUT2D eigenvalue weighted by molar-refractivity contribution is -0.328. The second kappa shape index (κ2) is 14.5. The van der Waals surface area contributed by atoms with Gasteiger partial charge in [0.2, 0.25) is 0 Å². The molecular formula is C29H36O15. The van der Waals surface area contributed by atoms with Gasteiger partial charge in [-0.3, -0.25) is 0 Å². The molecule has 0 radical (unpaired) electrons. The number of rotatable bonds is 10. The van der Waals surface area contributed by atoms with Crippen molar-refractivity contribution in [2.75, 3.05) is 13.2 Å². The molecule has 10 unspecified atom stereocenters. The van der Waals surface area contributed by atoms with Crippen molar-refractivity contribution in [3.05, 3.63) is 53.6 Å². The van der Waals surface area contributed by atoms with E-state index >= 15 is 0 Å². The van der Waals surface area contributed by atoms with Crippen LogP contribution in [0.25, 0.3) is 6.08 Å². The van der Waals surface area contributed by atoms with E-state index in [-0.39, 0.29) is 30.3 Å². The van der Waals surface area contributed by atoms with Gasteiger partial charge in [0.25, 0.3) is 0 Å². The molecule has 2 heterocycles. The van der Waals surface area contributed by atoms with Crippen molar-refractivity contribution in [3.63, 3.8) is 0 Å². The number of carbonyl (C=O) groups excluding carboxylic acids is 1. The van der Waals surface area contributed by atoms with E-state index in [1.54, 1.807) is 6.07 Å². The maximum atomic E-state index is 12.6. The molecule has 44 heavy (non-hydrogen) atoms. The standard InChI is InChI=1S/C29H36O15/c1-13-22(35)24(37)26(39)28(42-13)41-12-20-23(36)25(38)27(44-21(34)7-4-14-2-5-16(30)18(32)10-14)29(43-20)40-9-8-15-3-6-17(31)19(33)11-15/h2-7,10-11,13,20,22-33,35-39H,8-9,12H2,1H3/b7-4+. The zero-order valence-corrected chi connectivity index (χ0v) is 23.5. The summed E-state index contributed by atoms with van der Waals surface area (Å²) in [4.78, 5) is 12.6. The maximum Gasteiger partial charge on any atom is 0.331 e. The Morgan fingerprint density at radius 2 is 1.45 bits per heavy atom. The first kappa shape index (κ1) is 33.4. The number of hydrogen-bond donors (Lipinski definition) is 9. The van der Waals surface area contributed by atoms with Gasteiger partial charge in [0.15, 0.2) is 41.7 Å². The first-order valence-corrected chi connectivity index (χ1v) is 13.7. The number of aliphatic hydroxyl groups is 5. The first-order valence-electron chi connectivity index (χ1n) is 13.7. The Hall–Kier alpha value is -3.51. The van der Waals surface area contributed by atoms with E-state index in [2.05, 4.69) is 0 Å². The van der Waals surface area contributed by atoms with Crippen molar-refractivity contribution >= 4 is 12.0 Å². The van der Waals surface area contributed by atoms with E-state index in [1.807, 2.05) is 0 Å². The van der Waals surface area contributed by atoms with Gasteiger partial charge in [-0.05, 0) is 54.8 Å². The lowest BCUT2D eigenvalue weighted by Gasteiger charge is -2.43. The third kappa shape index (κ3) is 7.95. The normalized spacial score (nSPS) is 32.5. The van der Waals surface area contributed by atoms with Gasteiger partial charge in [-0.1, -0.05) is 12.1 Å². The molecule has 2 aromatic carbocycles. The fourth-order valence-electron chi connectivity index (χ4n) is 4.64. The number of esters is 1. The molecule has 15 heteroatoms. The monoisotopic (exact) mass is 624 g/mol. The Balaban J connectivity index is 1.45. The second-order valence-corrected chi connectivity index (χ2v) is 10.5. The Morgan fingerprint density at radius 1 is 0.773 bits per heavy atom. The number of aromatic hydroxyl groups is 4. The zero-order chi connectivity index (χ0) is 32.1. The average Bonchev–Trinajstić information content (AvgIpc) is 2.99. The van der Waals surface area contributed by atoms with E-state index in [9.17, 15) is 50.8 Å². The third-order valence-corrected chi connectivity index (χ3v) is 7.25. The average molecular weight is 625 g/mol. The van der Waals surface area contributed by atoms with E-state index in [1.165, 1.54) is 43.3 Å². The van der Waals surface area contributed by atoms with E-state index < -0.39 is 79.7 Å². The predicted octanol–water partition coefficient (Wildman–Crippen LogP) is -1.02. The van der Waals surface area contributed by atoms with Crippen LogP contribution in [0.2, 0.25) is 0 Å². The lowest BCUT2D eigenvalue weighted by Crippen LogP contribution is -2.62. The minimum atomic E-state index is -1.75. The van der Waals surface area contributed by atoms with Crippen molar-refractivity contribution < 1.29 is 74.4 Å². The summed E-state index contributed by atoms with van der Waals surface area (Å²) in [5, 5.41) is 90.2. The summed E-state index contributed by atoms with van der Waals surface area (Å²) in [6.07, 6.45) is -12.1. The van der Waals surface area contributed by atoms with Crippen molar-refractivity contribution in [1.29, 1.82) is 0 Å². The second-order valence-electron chi connectivity index (χ2n) is 10.5. The van der Waals surface area contributed by atoms with Crippen molar-refractivity contribution in [1.82, 2.24) is 0 Å². The molecule has 2 aliphatic rings. The lowest BCUT2D eigenvalue weighted by atomic mass is 9.98. The highest BCUT2D eigenvalue weighted by atomic mass is 16.7. The van der Waals surface area contributed by atoms with Gasteiger partial charge in [0.05, 0.1) is 19.3 Å². The summed E-state index contributed by atoms with van der Waals surface area (Å²) in [6.45, 7) is 0.890. The topological polar surface area (TPSA) is 245 Å². The van der Waals surface area contributed by atoms with Crippen LogP contribution in [0.3, 0.4) is 0 Å². The van der Waals surface area contributed by atoms with Crippen LogP contribution < -0.4 is 0 Å². The molecule has 0 bridgehead atoms. The molecule has 0 aromatic heterocycles. The Bertz CT molecular complexity index is 1300. The number of carbonyl (C=O) groups is 1. The summed E-state index contributed by atoms with van der Waals surface area (Å²) in [5.74, 6) is -2.38. The van der Waals surface area contributed by atoms with Crippen LogP contribution in [0.15, 0.2) is 42.5 Å². The summed E-state index contributed by atoms with van der Waals surface area (Å²) < 4.78 is 27.8. The molecule has 4 rings (SSSR count). The van der Waals surface area contributed by atoms with Crippen LogP contribution in [0.4, 0.5) is 0 Å². The molecule has 10 atom stereocenters. The van der Waals surface area contributed by atoms with Gasteiger partial charge in [0.1, 0.15) is 36.6 Å². The van der Waals surface area contributed by atoms with Crippen LogP contribution in [0.1, 0.15) is 18.1 Å². The molecule has 0 aliphatic carbocycles. The van der Waals surface area contributed by atoms with Gasteiger partial charge >= 0.3 is 5.97 Å². The number of ether oxygens (including phenoxy) is 5. The highest BCUT2D eigenvalue weighted by Crippen LogP contribution is 2.29. The van der Waals surface area contributed by atoms with Crippen LogP contribution in [-0.2, 0) is 34.9 Å². The number of aliphatic hydroxyl groups excluding tert-OH is 5. The molecule has 242 valence electrons. The third-order valence-electron chi connectivity index (χ3n) is 7.25. The fourth-order valence-corrected chi connectivity index (χ4v) is 4.64. The molecule has 2 saturated heterocycles. The summed E-state index contributed by atoms with van der Waals surface area (Å²) in [5.41, 5.74) is 0.919. The van der Waals surface area contributed by atoms with Crippen molar-refractivity contribution in [3.8, 4) is 23.0 Å². The maximum absolute atomic E-state index is 12.6. The summed E-state index contributed by atoms with van der Waals surface area (Å²) >= 11 is 0. The van der Waals surface area contributed by atoms with E-state index in [0.717, 1.165) is 6.08 Å². The fraction of sp³-hybridized carbons (Fsp3) is 0.483. The zero-order valence-electron chi connectivity index (χ0n) is 23.5. The Kier molecular flexibility index (Phi) is 11.0. The van der Waals surface area contributed by atoms with Crippen molar-refractivity contribution in [2.45, 2.75) is 74.8 Å². The van der Waals surface area contributed by atoms with Gasteiger partial charge < -0.3 is 69.6 Å². The SMILES string of the molecule is CC1OC(OCC2OC(OCCc3ccc(O)c(O)c3)C(OC(=O)/C=C/c3ccc(O)c(O)c3)C(O)C2O)C(O)C(O)C1O. The molecule has 0 amide bonds. The van der Waals surface area contributed by atoms with Crippen LogP contribution in [0.5, 0.6) is 23.0 Å². The molecule has 2 aliphatic heterocycles. The predicted molar refractivity (Wildman–Crippen MR) is 147 cm³/mol.